The molecular weight excluding hydrogens is 304 g/mol. The Bertz CT molecular complexity index is 765. The van der Waals surface area contributed by atoms with Crippen molar-refractivity contribution in [2.24, 2.45) is 0 Å². The predicted octanol–water partition coefficient (Wildman–Crippen LogP) is 1.81. The van der Waals surface area contributed by atoms with Crippen LogP contribution in [0.15, 0.2) is 28.9 Å². The van der Waals surface area contributed by atoms with Gasteiger partial charge >= 0.3 is 11.9 Å². The van der Waals surface area contributed by atoms with Crippen molar-refractivity contribution in [3.05, 3.63) is 46.8 Å². The van der Waals surface area contributed by atoms with E-state index in [1.54, 1.807) is 6.92 Å². The minimum Gasteiger partial charge on any atom is -0.465 e. The van der Waals surface area contributed by atoms with Gasteiger partial charge in [0, 0.05) is 0 Å². The van der Waals surface area contributed by atoms with Crippen molar-refractivity contribution in [3.63, 3.8) is 0 Å². The maximum Gasteiger partial charge on any atom is 0.339 e. The van der Waals surface area contributed by atoms with Crippen molar-refractivity contribution in [3.8, 4) is 0 Å². The van der Waals surface area contributed by atoms with Crippen LogP contribution in [-0.2, 0) is 9.47 Å². The van der Waals surface area contributed by atoms with Crippen LogP contribution in [0, 0.1) is 6.92 Å². The Hall–Kier alpha value is -3.16. The zero-order chi connectivity index (χ0) is 17.0. The van der Waals surface area contributed by atoms with Gasteiger partial charge < -0.3 is 19.3 Å². The molecule has 23 heavy (non-hydrogen) atoms. The number of carbonyl (C=O) groups excluding carboxylic acids is 3. The van der Waals surface area contributed by atoms with Crippen LogP contribution in [0.5, 0.6) is 0 Å². The summed E-state index contributed by atoms with van der Waals surface area (Å²) in [4.78, 5) is 35.6. The zero-order valence-electron chi connectivity index (χ0n) is 12.7. The maximum atomic E-state index is 12.2. The minimum atomic E-state index is -0.654. The van der Waals surface area contributed by atoms with Crippen LogP contribution in [-0.4, -0.2) is 37.2 Å². The maximum absolute atomic E-state index is 12.2. The second-order valence-corrected chi connectivity index (χ2v) is 4.49. The van der Waals surface area contributed by atoms with Crippen LogP contribution in [0.1, 0.15) is 36.8 Å². The van der Waals surface area contributed by atoms with Crippen molar-refractivity contribution in [2.75, 3.05) is 19.5 Å². The third-order valence-electron chi connectivity index (χ3n) is 3.09. The normalized spacial score (nSPS) is 10.0. The van der Waals surface area contributed by atoms with E-state index in [1.165, 1.54) is 38.6 Å². The van der Waals surface area contributed by atoms with E-state index >= 15 is 0 Å². The van der Waals surface area contributed by atoms with Gasteiger partial charge in [0.25, 0.3) is 5.91 Å². The number of rotatable bonds is 4. The van der Waals surface area contributed by atoms with Crippen molar-refractivity contribution in [1.29, 1.82) is 0 Å². The molecule has 0 aliphatic carbocycles. The Morgan fingerprint density at radius 1 is 1.09 bits per heavy atom. The first-order valence-electron chi connectivity index (χ1n) is 6.51. The van der Waals surface area contributed by atoms with Gasteiger partial charge in [-0.2, -0.15) is 0 Å². The van der Waals surface area contributed by atoms with Gasteiger partial charge in [-0.05, 0) is 25.1 Å². The molecule has 0 bridgehead atoms. The molecular formula is C15H14N2O6. The van der Waals surface area contributed by atoms with Gasteiger partial charge in [-0.25, -0.2) is 9.59 Å². The summed E-state index contributed by atoms with van der Waals surface area (Å²) in [6.45, 7) is 1.58. The summed E-state index contributed by atoms with van der Waals surface area (Å²) in [7, 11) is 2.45. The topological polar surface area (TPSA) is 108 Å². The molecule has 0 saturated carbocycles. The van der Waals surface area contributed by atoms with Crippen LogP contribution in [0.4, 0.5) is 5.69 Å². The lowest BCUT2D eigenvalue weighted by atomic mass is 10.1. The number of anilines is 1. The number of aryl methyl sites for hydroxylation is 1. The second-order valence-electron chi connectivity index (χ2n) is 4.49. The number of benzene rings is 1. The van der Waals surface area contributed by atoms with Crippen molar-refractivity contribution >= 4 is 23.5 Å². The monoisotopic (exact) mass is 318 g/mol. The van der Waals surface area contributed by atoms with E-state index in [9.17, 15) is 14.4 Å². The molecule has 120 valence electrons. The smallest absolute Gasteiger partial charge is 0.339 e. The number of ether oxygens (including phenoxy) is 2. The number of nitrogens with zero attached hydrogens (tertiary/aromatic N) is 1. The summed E-state index contributed by atoms with van der Waals surface area (Å²) in [5.41, 5.74) is 0.606. The van der Waals surface area contributed by atoms with Crippen LogP contribution in [0.2, 0.25) is 0 Å². The standard InChI is InChI=1S/C15H14N2O6/c1-8-11(7-16-23-8)13(18)17-12-6-9(14(19)21-2)4-5-10(12)15(20)22-3/h4-7H,1-3H3,(H,17,18). The van der Waals surface area contributed by atoms with Gasteiger partial charge in [-0.3, -0.25) is 4.79 Å². The number of methoxy groups -OCH3 is 2. The molecule has 0 aliphatic heterocycles. The van der Waals surface area contributed by atoms with E-state index in [1.807, 2.05) is 0 Å². The van der Waals surface area contributed by atoms with E-state index < -0.39 is 17.8 Å². The Morgan fingerprint density at radius 3 is 2.35 bits per heavy atom. The molecule has 1 N–H and O–H groups in total. The van der Waals surface area contributed by atoms with Crippen molar-refractivity contribution in [2.45, 2.75) is 6.92 Å². The average molecular weight is 318 g/mol. The molecule has 8 nitrogen and oxygen atoms in total. The molecule has 0 atom stereocenters. The highest BCUT2D eigenvalue weighted by Crippen LogP contribution is 2.21. The lowest BCUT2D eigenvalue weighted by Crippen LogP contribution is -2.16. The van der Waals surface area contributed by atoms with Crippen LogP contribution in [0.3, 0.4) is 0 Å². The van der Waals surface area contributed by atoms with E-state index in [4.69, 9.17) is 4.52 Å². The Morgan fingerprint density at radius 2 is 1.78 bits per heavy atom. The van der Waals surface area contributed by atoms with Gasteiger partial charge in [0.2, 0.25) is 0 Å². The average Bonchev–Trinajstić information content (AvgIpc) is 2.99. The molecule has 1 heterocycles. The van der Waals surface area contributed by atoms with E-state index in [2.05, 4.69) is 19.9 Å². The highest BCUT2D eigenvalue weighted by atomic mass is 16.5. The lowest BCUT2D eigenvalue weighted by Gasteiger charge is -2.11. The fraction of sp³-hybridized carbons (Fsp3) is 0.200. The SMILES string of the molecule is COC(=O)c1ccc(C(=O)OC)c(NC(=O)c2cnoc2C)c1. The number of hydrogen-bond donors (Lipinski definition) is 1. The summed E-state index contributed by atoms with van der Waals surface area (Å²) in [5, 5.41) is 6.06. The van der Waals surface area contributed by atoms with Crippen LogP contribution < -0.4 is 5.32 Å². The van der Waals surface area contributed by atoms with Gasteiger partial charge in [0.15, 0.2) is 0 Å². The van der Waals surface area contributed by atoms with Gasteiger partial charge in [0.05, 0.1) is 37.2 Å². The Labute approximate surface area is 131 Å². The summed E-state index contributed by atoms with van der Waals surface area (Å²) in [6, 6.07) is 4.10. The first-order valence-corrected chi connectivity index (χ1v) is 6.51. The Kier molecular flexibility index (Phi) is 4.75. The molecule has 0 fully saturated rings. The summed E-state index contributed by atoms with van der Waals surface area (Å²) < 4.78 is 14.1. The number of hydrogen-bond acceptors (Lipinski definition) is 7. The molecule has 0 unspecified atom stereocenters. The first-order chi connectivity index (χ1) is 11.0. The van der Waals surface area contributed by atoms with Crippen LogP contribution in [0.25, 0.3) is 0 Å². The molecule has 0 aliphatic rings. The number of esters is 2. The first kappa shape index (κ1) is 16.2. The fourth-order valence-electron chi connectivity index (χ4n) is 1.89. The molecule has 2 aromatic rings. The fourth-order valence-corrected chi connectivity index (χ4v) is 1.89. The largest absolute Gasteiger partial charge is 0.465 e. The van der Waals surface area contributed by atoms with E-state index in [0.717, 1.165) is 0 Å². The number of amides is 1. The summed E-state index contributed by atoms with van der Waals surface area (Å²) in [6.07, 6.45) is 1.26. The zero-order valence-corrected chi connectivity index (χ0v) is 12.7. The van der Waals surface area contributed by atoms with Crippen molar-refractivity contribution in [1.82, 2.24) is 5.16 Å². The van der Waals surface area contributed by atoms with Crippen LogP contribution >= 0.6 is 0 Å². The van der Waals surface area contributed by atoms with Gasteiger partial charge in [-0.15, -0.1) is 0 Å². The van der Waals surface area contributed by atoms with Gasteiger partial charge in [-0.1, -0.05) is 5.16 Å². The molecule has 0 radical (unpaired) electrons. The second kappa shape index (κ2) is 6.73. The molecule has 8 heteroatoms. The summed E-state index contributed by atoms with van der Waals surface area (Å²) in [5.74, 6) is -1.46. The number of carbonyl (C=O) groups is 3. The molecule has 0 saturated heterocycles. The van der Waals surface area contributed by atoms with Gasteiger partial charge in [0.1, 0.15) is 11.3 Å². The molecule has 1 aromatic heterocycles. The lowest BCUT2D eigenvalue weighted by molar-refractivity contribution is 0.0587. The number of nitrogens with one attached hydrogen (secondary N) is 1. The van der Waals surface area contributed by atoms with Crippen molar-refractivity contribution < 1.29 is 28.4 Å². The third-order valence-corrected chi connectivity index (χ3v) is 3.09. The molecule has 0 spiro atoms. The quantitative estimate of drug-likeness (QED) is 0.856. The molecule has 1 amide bonds. The number of aromatic nitrogens is 1. The predicted molar refractivity (Wildman–Crippen MR) is 78.3 cm³/mol. The van der Waals surface area contributed by atoms with E-state index in [0.29, 0.717) is 5.76 Å². The molecule has 2 rings (SSSR count). The summed E-state index contributed by atoms with van der Waals surface area (Å²) >= 11 is 0. The minimum absolute atomic E-state index is 0.0996. The van der Waals surface area contributed by atoms with E-state index in [-0.39, 0.29) is 22.4 Å². The highest BCUT2D eigenvalue weighted by Gasteiger charge is 2.19. The highest BCUT2D eigenvalue weighted by molar-refractivity contribution is 6.09. The third kappa shape index (κ3) is 3.37. The Balaban J connectivity index is 2.41. The molecule has 1 aromatic carbocycles.